The molecule has 4 rings (SSSR count). The molecule has 0 unspecified atom stereocenters. The molecule has 0 saturated heterocycles. The highest BCUT2D eigenvalue weighted by molar-refractivity contribution is 5.96. The van der Waals surface area contributed by atoms with E-state index in [2.05, 4.69) is 10.7 Å². The zero-order valence-electron chi connectivity index (χ0n) is 28.7. The number of nitrogens with two attached hydrogens (primary N) is 1. The fourth-order valence-electron chi connectivity index (χ4n) is 5.60. The van der Waals surface area contributed by atoms with Crippen molar-refractivity contribution >= 4 is 40.3 Å². The van der Waals surface area contributed by atoms with E-state index in [1.54, 1.807) is 20.0 Å². The van der Waals surface area contributed by atoms with Gasteiger partial charge < -0.3 is 25.8 Å². The Balaban J connectivity index is 1.62. The second-order valence-electron chi connectivity index (χ2n) is 12.7. The summed E-state index contributed by atoms with van der Waals surface area (Å²) < 4.78 is 5.47. The number of benzene rings is 3. The van der Waals surface area contributed by atoms with Crippen molar-refractivity contribution in [3.05, 3.63) is 90.3 Å². The van der Waals surface area contributed by atoms with Crippen molar-refractivity contribution in [3.8, 4) is 0 Å². The molecule has 0 spiro atoms. The molecular formula is C37H48N6O6. The fraction of sp³-hybridized carbons (Fsp3) is 0.405. The molecule has 0 radical (unpaired) electrons. The number of ether oxygens (including phenoxy) is 1. The van der Waals surface area contributed by atoms with Gasteiger partial charge in [-0.2, -0.15) is 0 Å². The van der Waals surface area contributed by atoms with Crippen LogP contribution in [0.25, 0.3) is 10.8 Å². The average Bonchev–Trinajstić information content (AvgIpc) is 3.51. The van der Waals surface area contributed by atoms with Crippen LogP contribution in [0.3, 0.4) is 0 Å². The van der Waals surface area contributed by atoms with E-state index in [1.807, 2.05) is 91.5 Å². The van der Waals surface area contributed by atoms with Gasteiger partial charge in [-0.1, -0.05) is 80.6 Å². The predicted molar refractivity (Wildman–Crippen MR) is 188 cm³/mol. The van der Waals surface area contributed by atoms with Gasteiger partial charge in [-0.15, -0.1) is 0 Å². The Labute approximate surface area is 287 Å². The topological polar surface area (TPSA) is 158 Å². The van der Waals surface area contributed by atoms with Crippen molar-refractivity contribution in [2.24, 2.45) is 11.7 Å². The molecule has 12 heteroatoms. The first-order valence-corrected chi connectivity index (χ1v) is 16.7. The Kier molecular flexibility index (Phi) is 13.1. The van der Waals surface area contributed by atoms with Crippen LogP contribution in [0.5, 0.6) is 0 Å². The molecular weight excluding hydrogens is 624 g/mol. The molecule has 0 fully saturated rings. The summed E-state index contributed by atoms with van der Waals surface area (Å²) in [6.45, 7) is 7.59. The summed E-state index contributed by atoms with van der Waals surface area (Å²) in [6.07, 6.45) is 0.947. The lowest BCUT2D eigenvalue weighted by Gasteiger charge is -2.30. The smallest absolute Gasteiger partial charge is 0.408 e. The van der Waals surface area contributed by atoms with Gasteiger partial charge in [0.25, 0.3) is 5.91 Å². The standard InChI is InChI=1S/C37H48N6O6/c1-5-43(40-34(45)21-30(44)19-18-25(2)3)36(47)32(39-37(48)49-23-27-12-7-6-8-13-27)20-29-22-41(35(46)26(4)38)24-42(29)33-17-11-15-28-14-9-10-16-31(28)33/h6-17,22,25-26,30,32,44H,5,18-21,23-24,38H2,1-4H3,(H,39,48)(H,40,45)/t26-,30-,32-/m0/s1. The molecule has 1 aliphatic rings. The first-order chi connectivity index (χ1) is 23.5. The maximum atomic E-state index is 14.1. The van der Waals surface area contributed by atoms with E-state index in [4.69, 9.17) is 10.5 Å². The summed E-state index contributed by atoms with van der Waals surface area (Å²) in [5.74, 6) is -1.06. The normalized spacial score (nSPS) is 14.6. The largest absolute Gasteiger partial charge is 0.445 e. The van der Waals surface area contributed by atoms with Gasteiger partial charge in [0.1, 0.15) is 19.3 Å². The minimum absolute atomic E-state index is 0.0163. The van der Waals surface area contributed by atoms with Crippen LogP contribution in [0.2, 0.25) is 0 Å². The summed E-state index contributed by atoms with van der Waals surface area (Å²) in [4.78, 5) is 56.7. The number of fused-ring (bicyclic) bond motifs is 1. The highest BCUT2D eigenvalue weighted by Crippen LogP contribution is 2.34. The lowest BCUT2D eigenvalue weighted by atomic mass is 10.0. The van der Waals surface area contributed by atoms with Crippen LogP contribution < -0.4 is 21.4 Å². The van der Waals surface area contributed by atoms with Crippen LogP contribution in [0.4, 0.5) is 10.5 Å². The summed E-state index contributed by atoms with van der Waals surface area (Å²) >= 11 is 0. The molecule has 0 aromatic heterocycles. The molecule has 49 heavy (non-hydrogen) atoms. The van der Waals surface area contributed by atoms with Gasteiger partial charge in [-0.25, -0.2) is 4.79 Å². The molecule has 0 bridgehead atoms. The van der Waals surface area contributed by atoms with Crippen LogP contribution in [-0.4, -0.2) is 70.2 Å². The van der Waals surface area contributed by atoms with Crippen molar-refractivity contribution in [1.29, 1.82) is 0 Å². The minimum Gasteiger partial charge on any atom is -0.445 e. The monoisotopic (exact) mass is 672 g/mol. The van der Waals surface area contributed by atoms with Crippen LogP contribution in [0, 0.1) is 5.92 Å². The minimum atomic E-state index is -1.21. The number of alkyl carbamates (subject to hydrolysis) is 1. The van der Waals surface area contributed by atoms with Gasteiger partial charge in [0, 0.05) is 30.2 Å². The molecule has 0 saturated carbocycles. The van der Waals surface area contributed by atoms with Crippen molar-refractivity contribution in [1.82, 2.24) is 20.7 Å². The van der Waals surface area contributed by atoms with Crippen molar-refractivity contribution in [2.45, 2.75) is 78.2 Å². The fourth-order valence-corrected chi connectivity index (χ4v) is 5.60. The summed E-state index contributed by atoms with van der Waals surface area (Å²) in [6, 6.07) is 20.8. The highest BCUT2D eigenvalue weighted by atomic mass is 16.5. The van der Waals surface area contributed by atoms with E-state index in [9.17, 15) is 24.3 Å². The summed E-state index contributed by atoms with van der Waals surface area (Å²) in [5, 5.41) is 16.1. The molecule has 262 valence electrons. The number of anilines is 1. The van der Waals surface area contributed by atoms with Gasteiger partial charge in [0.15, 0.2) is 0 Å². The molecule has 1 aliphatic heterocycles. The van der Waals surface area contributed by atoms with E-state index >= 15 is 0 Å². The number of rotatable bonds is 14. The number of nitrogens with zero attached hydrogens (tertiary/aromatic N) is 3. The molecule has 0 aliphatic carbocycles. The Morgan fingerprint density at radius 2 is 1.65 bits per heavy atom. The molecule has 5 N–H and O–H groups in total. The van der Waals surface area contributed by atoms with E-state index in [0.29, 0.717) is 18.0 Å². The van der Waals surface area contributed by atoms with Crippen LogP contribution in [-0.2, 0) is 25.7 Å². The first-order valence-electron chi connectivity index (χ1n) is 16.7. The molecule has 3 atom stereocenters. The number of aliphatic hydroxyl groups is 1. The Hall–Kier alpha value is -4.94. The molecule has 4 amide bonds. The van der Waals surface area contributed by atoms with Gasteiger partial charge in [0.05, 0.1) is 24.3 Å². The third-order valence-corrected chi connectivity index (χ3v) is 8.23. The van der Waals surface area contributed by atoms with Crippen molar-refractivity contribution in [2.75, 3.05) is 18.1 Å². The van der Waals surface area contributed by atoms with Gasteiger partial charge in [-0.3, -0.25) is 29.7 Å². The quantitative estimate of drug-likeness (QED) is 0.184. The number of hydrazine groups is 1. The van der Waals surface area contributed by atoms with E-state index in [0.717, 1.165) is 33.5 Å². The Morgan fingerprint density at radius 3 is 2.35 bits per heavy atom. The molecule has 3 aromatic rings. The SMILES string of the molecule is CCN(NC(=O)C[C@@H](O)CCC(C)C)C(=O)[C@H](CC1=CN(C(=O)[C@H](C)N)CN1c1cccc2ccccc12)NC(=O)OCc1ccccc1. The van der Waals surface area contributed by atoms with Gasteiger partial charge in [-0.05, 0) is 49.6 Å². The zero-order valence-corrected chi connectivity index (χ0v) is 28.7. The average molecular weight is 673 g/mol. The highest BCUT2D eigenvalue weighted by Gasteiger charge is 2.34. The maximum Gasteiger partial charge on any atom is 0.408 e. The number of carbonyl (C=O) groups excluding carboxylic acids is 4. The van der Waals surface area contributed by atoms with E-state index < -0.39 is 36.1 Å². The van der Waals surface area contributed by atoms with Crippen LogP contribution in [0.1, 0.15) is 58.9 Å². The number of aliphatic hydroxyl groups excluding tert-OH is 1. The number of likely N-dealkylation sites (N-methyl/N-ethyl adjacent to an activating group) is 1. The zero-order chi connectivity index (χ0) is 35.5. The molecule has 1 heterocycles. The lowest BCUT2D eigenvalue weighted by Crippen LogP contribution is -2.55. The number of hydrogen-bond acceptors (Lipinski definition) is 8. The van der Waals surface area contributed by atoms with Gasteiger partial charge in [0.2, 0.25) is 11.8 Å². The Bertz CT molecular complexity index is 1620. The first kappa shape index (κ1) is 36.9. The van der Waals surface area contributed by atoms with Crippen LogP contribution in [0.15, 0.2) is 84.7 Å². The Morgan fingerprint density at radius 1 is 0.959 bits per heavy atom. The van der Waals surface area contributed by atoms with Crippen molar-refractivity contribution in [3.63, 3.8) is 0 Å². The molecule has 12 nitrogen and oxygen atoms in total. The van der Waals surface area contributed by atoms with Crippen molar-refractivity contribution < 1.29 is 29.0 Å². The maximum absolute atomic E-state index is 14.1. The number of nitrogens with one attached hydrogen (secondary N) is 2. The van der Waals surface area contributed by atoms with Gasteiger partial charge >= 0.3 is 6.09 Å². The third-order valence-electron chi connectivity index (χ3n) is 8.23. The van der Waals surface area contributed by atoms with E-state index in [1.165, 1.54) is 4.90 Å². The second kappa shape index (κ2) is 17.5. The second-order valence-corrected chi connectivity index (χ2v) is 12.7. The van der Waals surface area contributed by atoms with Crippen LogP contribution >= 0.6 is 0 Å². The number of amides is 4. The summed E-state index contributed by atoms with van der Waals surface area (Å²) in [5.41, 5.74) is 10.7. The summed E-state index contributed by atoms with van der Waals surface area (Å²) in [7, 11) is 0. The number of carbonyl (C=O) groups is 4. The lowest BCUT2D eigenvalue weighted by molar-refractivity contribution is -0.143. The van der Waals surface area contributed by atoms with E-state index in [-0.39, 0.29) is 38.6 Å². The third kappa shape index (κ3) is 10.3. The number of hydrogen-bond donors (Lipinski definition) is 4. The predicted octanol–water partition coefficient (Wildman–Crippen LogP) is 4.39. The molecule has 3 aromatic carbocycles.